The summed E-state index contributed by atoms with van der Waals surface area (Å²) >= 11 is 1.53. The van der Waals surface area contributed by atoms with E-state index in [1.54, 1.807) is 18.6 Å². The van der Waals surface area contributed by atoms with E-state index in [2.05, 4.69) is 15.3 Å². The highest BCUT2D eigenvalue weighted by atomic mass is 32.1. The summed E-state index contributed by atoms with van der Waals surface area (Å²) in [4.78, 5) is 20.2. The van der Waals surface area contributed by atoms with Crippen molar-refractivity contribution >= 4 is 17.2 Å². The Morgan fingerprint density at radius 1 is 1.00 bits per heavy atom. The van der Waals surface area contributed by atoms with Crippen LogP contribution in [-0.2, 0) is 6.54 Å². The second kappa shape index (κ2) is 6.28. The van der Waals surface area contributed by atoms with Crippen LogP contribution in [0.3, 0.4) is 0 Å². The molecule has 0 bridgehead atoms. The average Bonchev–Trinajstić information content (AvgIpc) is 3.07. The molecular formula is C16H13N3OS. The molecule has 0 spiro atoms. The second-order valence-corrected chi connectivity index (χ2v) is 5.40. The molecule has 21 heavy (non-hydrogen) atoms. The SMILES string of the molecule is O=C(NCc1nccs1)c1ccc(-c2ccncc2)cc1. The van der Waals surface area contributed by atoms with Crippen molar-refractivity contribution in [3.05, 3.63) is 70.9 Å². The number of carbonyl (C=O) groups excluding carboxylic acids is 1. The number of pyridine rings is 1. The summed E-state index contributed by atoms with van der Waals surface area (Å²) in [6, 6.07) is 11.4. The first-order valence-corrected chi connectivity index (χ1v) is 7.38. The van der Waals surface area contributed by atoms with Gasteiger partial charge in [0.1, 0.15) is 5.01 Å². The second-order valence-electron chi connectivity index (χ2n) is 4.42. The van der Waals surface area contributed by atoms with Gasteiger partial charge in [0, 0.05) is 29.5 Å². The van der Waals surface area contributed by atoms with Crippen molar-refractivity contribution in [3.63, 3.8) is 0 Å². The van der Waals surface area contributed by atoms with Crippen LogP contribution in [0.15, 0.2) is 60.4 Å². The zero-order valence-corrected chi connectivity index (χ0v) is 12.0. The first-order valence-electron chi connectivity index (χ1n) is 6.50. The molecule has 0 aliphatic heterocycles. The number of hydrogen-bond acceptors (Lipinski definition) is 4. The van der Waals surface area contributed by atoms with Gasteiger partial charge in [-0.2, -0.15) is 0 Å². The summed E-state index contributed by atoms with van der Waals surface area (Å²) in [5.74, 6) is -0.0912. The van der Waals surface area contributed by atoms with Crippen LogP contribution in [-0.4, -0.2) is 15.9 Å². The molecule has 1 amide bonds. The van der Waals surface area contributed by atoms with E-state index in [-0.39, 0.29) is 5.91 Å². The summed E-state index contributed by atoms with van der Waals surface area (Å²) in [5, 5.41) is 5.65. The third-order valence-corrected chi connectivity index (χ3v) is 3.82. The van der Waals surface area contributed by atoms with Gasteiger partial charge in [-0.15, -0.1) is 11.3 Å². The topological polar surface area (TPSA) is 54.9 Å². The number of hydrogen-bond donors (Lipinski definition) is 1. The average molecular weight is 295 g/mol. The largest absolute Gasteiger partial charge is 0.346 e. The van der Waals surface area contributed by atoms with Crippen LogP contribution in [0, 0.1) is 0 Å². The predicted molar refractivity (Wildman–Crippen MR) is 83.0 cm³/mol. The maximum atomic E-state index is 12.0. The van der Waals surface area contributed by atoms with Crippen molar-refractivity contribution in [2.24, 2.45) is 0 Å². The van der Waals surface area contributed by atoms with E-state index in [1.807, 2.05) is 41.8 Å². The minimum atomic E-state index is -0.0912. The number of carbonyl (C=O) groups is 1. The monoisotopic (exact) mass is 295 g/mol. The molecule has 2 aromatic heterocycles. The van der Waals surface area contributed by atoms with Crippen molar-refractivity contribution in [1.82, 2.24) is 15.3 Å². The molecule has 4 nitrogen and oxygen atoms in total. The fourth-order valence-electron chi connectivity index (χ4n) is 1.96. The van der Waals surface area contributed by atoms with Gasteiger partial charge < -0.3 is 5.32 Å². The Morgan fingerprint density at radius 2 is 1.71 bits per heavy atom. The molecule has 0 fully saturated rings. The number of nitrogens with zero attached hydrogens (tertiary/aromatic N) is 2. The third-order valence-electron chi connectivity index (χ3n) is 3.04. The van der Waals surface area contributed by atoms with Crippen LogP contribution < -0.4 is 5.32 Å². The van der Waals surface area contributed by atoms with Crippen LogP contribution >= 0.6 is 11.3 Å². The van der Waals surface area contributed by atoms with Crippen molar-refractivity contribution in [2.45, 2.75) is 6.54 Å². The highest BCUT2D eigenvalue weighted by Crippen LogP contribution is 2.18. The van der Waals surface area contributed by atoms with Crippen LogP contribution in [0.2, 0.25) is 0 Å². The lowest BCUT2D eigenvalue weighted by Crippen LogP contribution is -2.22. The summed E-state index contributed by atoms with van der Waals surface area (Å²) < 4.78 is 0. The smallest absolute Gasteiger partial charge is 0.251 e. The molecule has 0 aliphatic carbocycles. The van der Waals surface area contributed by atoms with Crippen molar-refractivity contribution in [1.29, 1.82) is 0 Å². The lowest BCUT2D eigenvalue weighted by Gasteiger charge is -2.05. The molecule has 0 aliphatic rings. The van der Waals surface area contributed by atoms with Gasteiger partial charge in [-0.05, 0) is 35.4 Å². The molecule has 0 atom stereocenters. The van der Waals surface area contributed by atoms with Crippen LogP contribution in [0.1, 0.15) is 15.4 Å². The minimum absolute atomic E-state index is 0.0912. The van der Waals surface area contributed by atoms with Gasteiger partial charge in [-0.3, -0.25) is 9.78 Å². The molecule has 3 aromatic rings. The van der Waals surface area contributed by atoms with E-state index in [0.717, 1.165) is 16.1 Å². The molecule has 5 heteroatoms. The van der Waals surface area contributed by atoms with Gasteiger partial charge in [0.05, 0.1) is 6.54 Å². The number of benzene rings is 1. The predicted octanol–water partition coefficient (Wildman–Crippen LogP) is 3.14. The summed E-state index contributed by atoms with van der Waals surface area (Å²) in [5.41, 5.74) is 2.79. The Kier molecular flexibility index (Phi) is 4.02. The molecule has 0 unspecified atom stereocenters. The maximum Gasteiger partial charge on any atom is 0.251 e. The first kappa shape index (κ1) is 13.5. The van der Waals surface area contributed by atoms with E-state index in [0.29, 0.717) is 12.1 Å². The quantitative estimate of drug-likeness (QED) is 0.804. The van der Waals surface area contributed by atoms with Gasteiger partial charge >= 0.3 is 0 Å². The van der Waals surface area contributed by atoms with Gasteiger partial charge in [-0.25, -0.2) is 4.98 Å². The highest BCUT2D eigenvalue weighted by molar-refractivity contribution is 7.09. The van der Waals surface area contributed by atoms with Gasteiger partial charge in [-0.1, -0.05) is 12.1 Å². The number of thiazole rings is 1. The summed E-state index contributed by atoms with van der Waals surface area (Å²) in [6.07, 6.45) is 5.24. The Balaban J connectivity index is 1.67. The molecule has 0 saturated carbocycles. The van der Waals surface area contributed by atoms with Crippen LogP contribution in [0.4, 0.5) is 0 Å². The molecule has 104 valence electrons. The standard InChI is InChI=1S/C16H13N3OS/c20-16(19-11-15-18-9-10-21-15)14-3-1-12(2-4-14)13-5-7-17-8-6-13/h1-10H,11H2,(H,19,20). The van der Waals surface area contributed by atoms with Gasteiger partial charge in [0.2, 0.25) is 0 Å². The molecular weight excluding hydrogens is 282 g/mol. The Labute approximate surface area is 126 Å². The molecule has 1 aromatic carbocycles. The third kappa shape index (κ3) is 3.32. The molecule has 3 rings (SSSR count). The van der Waals surface area contributed by atoms with Crippen molar-refractivity contribution in [3.8, 4) is 11.1 Å². The van der Waals surface area contributed by atoms with Gasteiger partial charge in [0.25, 0.3) is 5.91 Å². The molecule has 0 radical (unpaired) electrons. The zero-order valence-electron chi connectivity index (χ0n) is 11.2. The molecule has 0 saturated heterocycles. The van der Waals surface area contributed by atoms with E-state index in [1.165, 1.54) is 11.3 Å². The van der Waals surface area contributed by atoms with E-state index in [9.17, 15) is 4.79 Å². The van der Waals surface area contributed by atoms with Crippen LogP contribution in [0.25, 0.3) is 11.1 Å². The number of rotatable bonds is 4. The number of nitrogens with one attached hydrogen (secondary N) is 1. The first-order chi connectivity index (χ1) is 10.3. The Morgan fingerprint density at radius 3 is 2.38 bits per heavy atom. The lowest BCUT2D eigenvalue weighted by atomic mass is 10.1. The minimum Gasteiger partial charge on any atom is -0.346 e. The van der Waals surface area contributed by atoms with Gasteiger partial charge in [0.15, 0.2) is 0 Å². The fourth-order valence-corrected chi connectivity index (χ4v) is 2.51. The highest BCUT2D eigenvalue weighted by Gasteiger charge is 2.06. The fraction of sp³-hybridized carbons (Fsp3) is 0.0625. The summed E-state index contributed by atoms with van der Waals surface area (Å²) in [6.45, 7) is 0.461. The number of amides is 1. The lowest BCUT2D eigenvalue weighted by molar-refractivity contribution is 0.0951. The molecule has 2 heterocycles. The van der Waals surface area contributed by atoms with E-state index < -0.39 is 0 Å². The van der Waals surface area contributed by atoms with E-state index >= 15 is 0 Å². The maximum absolute atomic E-state index is 12.0. The van der Waals surface area contributed by atoms with E-state index in [4.69, 9.17) is 0 Å². The number of aromatic nitrogens is 2. The Hall–Kier alpha value is -2.53. The van der Waals surface area contributed by atoms with Crippen molar-refractivity contribution in [2.75, 3.05) is 0 Å². The van der Waals surface area contributed by atoms with Crippen molar-refractivity contribution < 1.29 is 4.79 Å². The Bertz CT molecular complexity index is 709. The molecule has 1 N–H and O–H groups in total. The zero-order chi connectivity index (χ0) is 14.5. The van der Waals surface area contributed by atoms with Crippen LogP contribution in [0.5, 0.6) is 0 Å². The normalized spacial score (nSPS) is 10.3. The summed E-state index contributed by atoms with van der Waals surface area (Å²) in [7, 11) is 0.